The number of carbonyl (C=O) groups is 1. The Balaban J connectivity index is 0.00000132. The number of carbonyl (C=O) groups excluding carboxylic acids is 1. The van der Waals surface area contributed by atoms with Crippen molar-refractivity contribution in [3.05, 3.63) is 18.5 Å². The molecule has 1 atom stereocenters. The SMILES string of the molecule is Cl.Cl.O=C(CC1COCCN1)N1CCN(c2ncccn2)CC1. The highest BCUT2D eigenvalue weighted by Crippen LogP contribution is 2.11. The van der Waals surface area contributed by atoms with Crippen LogP contribution in [0.4, 0.5) is 5.95 Å². The molecule has 2 aliphatic rings. The van der Waals surface area contributed by atoms with E-state index in [-0.39, 0.29) is 36.8 Å². The van der Waals surface area contributed by atoms with Crippen molar-refractivity contribution in [3.63, 3.8) is 0 Å². The highest BCUT2D eigenvalue weighted by Gasteiger charge is 2.25. The van der Waals surface area contributed by atoms with Crippen molar-refractivity contribution in [2.24, 2.45) is 0 Å². The molecule has 1 unspecified atom stereocenters. The molecule has 0 bridgehead atoms. The minimum atomic E-state index is 0. The average molecular weight is 364 g/mol. The summed E-state index contributed by atoms with van der Waals surface area (Å²) in [6, 6.07) is 1.96. The molecule has 0 saturated carbocycles. The molecule has 1 N–H and O–H groups in total. The molecule has 23 heavy (non-hydrogen) atoms. The Bertz CT molecular complexity index is 465. The molecule has 130 valence electrons. The lowest BCUT2D eigenvalue weighted by Crippen LogP contribution is -2.51. The Hall–Kier alpha value is -1.15. The van der Waals surface area contributed by atoms with Gasteiger partial charge in [0.2, 0.25) is 11.9 Å². The van der Waals surface area contributed by atoms with Gasteiger partial charge in [0.15, 0.2) is 0 Å². The van der Waals surface area contributed by atoms with Crippen LogP contribution in [0.2, 0.25) is 0 Å². The fourth-order valence-corrected chi connectivity index (χ4v) is 2.70. The third-order valence-electron chi connectivity index (χ3n) is 3.89. The maximum Gasteiger partial charge on any atom is 0.225 e. The fraction of sp³-hybridized carbons (Fsp3) is 0.643. The van der Waals surface area contributed by atoms with Crippen LogP contribution >= 0.6 is 24.8 Å². The van der Waals surface area contributed by atoms with E-state index in [0.29, 0.717) is 13.0 Å². The average Bonchev–Trinajstić information content (AvgIpc) is 2.57. The van der Waals surface area contributed by atoms with Crippen LogP contribution in [0.5, 0.6) is 0 Å². The van der Waals surface area contributed by atoms with Crippen LogP contribution in [-0.2, 0) is 9.53 Å². The summed E-state index contributed by atoms with van der Waals surface area (Å²) in [6.07, 6.45) is 4.01. The molecule has 1 amide bonds. The van der Waals surface area contributed by atoms with Crippen LogP contribution in [0.25, 0.3) is 0 Å². The van der Waals surface area contributed by atoms with Crippen molar-refractivity contribution in [1.29, 1.82) is 0 Å². The monoisotopic (exact) mass is 363 g/mol. The number of ether oxygens (including phenoxy) is 1. The summed E-state index contributed by atoms with van der Waals surface area (Å²) in [4.78, 5) is 24.8. The molecule has 1 aromatic rings. The summed E-state index contributed by atoms with van der Waals surface area (Å²) in [7, 11) is 0. The van der Waals surface area contributed by atoms with Gasteiger partial charge in [0, 0.05) is 57.6 Å². The Kier molecular flexibility index (Phi) is 8.54. The standard InChI is InChI=1S/C14H21N5O2.2ClH/c20-13(10-12-11-21-9-4-15-12)18-5-7-19(8-6-18)14-16-2-1-3-17-14;;/h1-3,12,15H,4-11H2;2*1H. The molecule has 0 radical (unpaired) electrons. The van der Waals surface area contributed by atoms with Gasteiger partial charge in [-0.2, -0.15) is 0 Å². The minimum absolute atomic E-state index is 0. The van der Waals surface area contributed by atoms with Crippen molar-refractivity contribution in [2.45, 2.75) is 12.5 Å². The lowest BCUT2D eigenvalue weighted by Gasteiger charge is -2.35. The number of nitrogens with one attached hydrogen (secondary N) is 1. The maximum atomic E-state index is 12.3. The molecule has 7 nitrogen and oxygen atoms in total. The van der Waals surface area contributed by atoms with E-state index in [1.165, 1.54) is 0 Å². The summed E-state index contributed by atoms with van der Waals surface area (Å²) < 4.78 is 5.39. The second-order valence-electron chi connectivity index (χ2n) is 5.35. The summed E-state index contributed by atoms with van der Waals surface area (Å²) in [5.41, 5.74) is 0. The largest absolute Gasteiger partial charge is 0.378 e. The van der Waals surface area contributed by atoms with Crippen molar-refractivity contribution in [3.8, 4) is 0 Å². The first kappa shape index (κ1) is 19.9. The van der Waals surface area contributed by atoms with E-state index < -0.39 is 0 Å². The summed E-state index contributed by atoms with van der Waals surface area (Å²) >= 11 is 0. The Morgan fingerprint density at radius 1 is 1.22 bits per heavy atom. The zero-order valence-electron chi connectivity index (χ0n) is 12.9. The zero-order chi connectivity index (χ0) is 14.5. The zero-order valence-corrected chi connectivity index (χ0v) is 14.5. The highest BCUT2D eigenvalue weighted by atomic mass is 35.5. The normalized spacial score (nSPS) is 21.1. The molecule has 1 aromatic heterocycles. The van der Waals surface area contributed by atoms with E-state index in [1.54, 1.807) is 12.4 Å². The lowest BCUT2D eigenvalue weighted by molar-refractivity contribution is -0.132. The molecule has 0 aliphatic carbocycles. The molecule has 3 heterocycles. The first-order chi connectivity index (χ1) is 10.3. The van der Waals surface area contributed by atoms with Crippen LogP contribution in [0.3, 0.4) is 0 Å². The number of morpholine rings is 1. The van der Waals surface area contributed by atoms with Gasteiger partial charge in [-0.3, -0.25) is 4.79 Å². The second-order valence-corrected chi connectivity index (χ2v) is 5.35. The van der Waals surface area contributed by atoms with Gasteiger partial charge < -0.3 is 19.9 Å². The minimum Gasteiger partial charge on any atom is -0.378 e. The molecular weight excluding hydrogens is 341 g/mol. The quantitative estimate of drug-likeness (QED) is 0.835. The van der Waals surface area contributed by atoms with E-state index in [1.807, 2.05) is 11.0 Å². The summed E-state index contributed by atoms with van der Waals surface area (Å²) in [5, 5.41) is 3.32. The van der Waals surface area contributed by atoms with Crippen LogP contribution in [-0.4, -0.2) is 72.8 Å². The number of nitrogens with zero attached hydrogens (tertiary/aromatic N) is 4. The van der Waals surface area contributed by atoms with Gasteiger partial charge >= 0.3 is 0 Å². The predicted octanol–water partition coefficient (Wildman–Crippen LogP) is 0.347. The van der Waals surface area contributed by atoms with E-state index in [9.17, 15) is 4.79 Å². The number of hydrogen-bond donors (Lipinski definition) is 1. The number of amides is 1. The summed E-state index contributed by atoms with van der Waals surface area (Å²) in [5.74, 6) is 0.943. The molecule has 2 saturated heterocycles. The number of aromatic nitrogens is 2. The van der Waals surface area contributed by atoms with Crippen LogP contribution in [0.1, 0.15) is 6.42 Å². The fourth-order valence-electron chi connectivity index (χ4n) is 2.70. The number of rotatable bonds is 3. The third kappa shape index (κ3) is 5.46. The molecule has 2 fully saturated rings. The summed E-state index contributed by atoms with van der Waals surface area (Å²) in [6.45, 7) is 5.21. The first-order valence-corrected chi connectivity index (χ1v) is 7.44. The number of anilines is 1. The number of halogens is 2. The van der Waals surface area contributed by atoms with Crippen LogP contribution in [0.15, 0.2) is 18.5 Å². The third-order valence-corrected chi connectivity index (χ3v) is 3.89. The van der Waals surface area contributed by atoms with Gasteiger partial charge in [-0.25, -0.2) is 9.97 Å². The van der Waals surface area contributed by atoms with Crippen molar-refractivity contribution >= 4 is 36.7 Å². The van der Waals surface area contributed by atoms with Gasteiger partial charge in [-0.1, -0.05) is 0 Å². The molecule has 0 spiro atoms. The van der Waals surface area contributed by atoms with Gasteiger partial charge in [0.05, 0.1) is 13.2 Å². The molecule has 0 aromatic carbocycles. The Morgan fingerprint density at radius 2 is 1.91 bits per heavy atom. The van der Waals surface area contributed by atoms with Gasteiger partial charge in [-0.05, 0) is 6.07 Å². The van der Waals surface area contributed by atoms with Gasteiger partial charge in [0.1, 0.15) is 0 Å². The molecule has 9 heteroatoms. The first-order valence-electron chi connectivity index (χ1n) is 7.44. The number of piperazine rings is 1. The van der Waals surface area contributed by atoms with E-state index >= 15 is 0 Å². The van der Waals surface area contributed by atoms with E-state index in [0.717, 1.165) is 45.3 Å². The predicted molar refractivity (Wildman–Crippen MR) is 92.5 cm³/mol. The highest BCUT2D eigenvalue weighted by molar-refractivity contribution is 5.85. The van der Waals surface area contributed by atoms with Crippen molar-refractivity contribution in [1.82, 2.24) is 20.2 Å². The smallest absolute Gasteiger partial charge is 0.225 e. The van der Waals surface area contributed by atoms with Crippen molar-refractivity contribution in [2.75, 3.05) is 50.8 Å². The lowest BCUT2D eigenvalue weighted by atomic mass is 10.1. The molecular formula is C14H23Cl2N5O2. The second kappa shape index (κ2) is 9.87. The van der Waals surface area contributed by atoms with Gasteiger partial charge in [-0.15, -0.1) is 24.8 Å². The Labute approximate surface area is 148 Å². The maximum absolute atomic E-state index is 12.3. The van der Waals surface area contributed by atoms with Crippen LogP contribution in [0, 0.1) is 0 Å². The Morgan fingerprint density at radius 3 is 2.52 bits per heavy atom. The molecule has 2 aliphatic heterocycles. The van der Waals surface area contributed by atoms with Crippen LogP contribution < -0.4 is 10.2 Å². The van der Waals surface area contributed by atoms with E-state index in [2.05, 4.69) is 20.2 Å². The van der Waals surface area contributed by atoms with Gasteiger partial charge in [0.25, 0.3) is 0 Å². The number of hydrogen-bond acceptors (Lipinski definition) is 6. The van der Waals surface area contributed by atoms with Crippen molar-refractivity contribution < 1.29 is 9.53 Å². The topological polar surface area (TPSA) is 70.6 Å². The van der Waals surface area contributed by atoms with E-state index in [4.69, 9.17) is 4.74 Å². The molecule has 3 rings (SSSR count).